The number of benzene rings is 1. The summed E-state index contributed by atoms with van der Waals surface area (Å²) in [4.78, 5) is 15.4. The Hall–Kier alpha value is -1.65. The third-order valence-electron chi connectivity index (χ3n) is 4.46. The van der Waals surface area contributed by atoms with E-state index in [1.807, 2.05) is 24.3 Å². The molecule has 3 rings (SSSR count). The van der Waals surface area contributed by atoms with Crippen molar-refractivity contribution >= 4 is 28.5 Å². The van der Waals surface area contributed by atoms with Gasteiger partial charge in [0.1, 0.15) is 0 Å². The number of carboxylic acid groups (broad SMARTS) is 1. The minimum absolute atomic E-state index is 0.170. The second-order valence-corrected chi connectivity index (χ2v) is 6.28. The van der Waals surface area contributed by atoms with Crippen LogP contribution in [0.15, 0.2) is 30.5 Å². The summed E-state index contributed by atoms with van der Waals surface area (Å²) in [5, 5.41) is 14.3. The molecule has 0 amide bonds. The Labute approximate surface area is 134 Å². The fourth-order valence-corrected chi connectivity index (χ4v) is 3.35. The molecule has 1 fully saturated rings. The lowest BCUT2D eigenvalue weighted by atomic mass is 9.86. The number of pyridine rings is 1. The van der Waals surface area contributed by atoms with E-state index in [1.54, 1.807) is 6.20 Å². The molecule has 0 radical (unpaired) electrons. The summed E-state index contributed by atoms with van der Waals surface area (Å²) in [6.07, 6.45) is 5.12. The molecule has 1 saturated carbocycles. The zero-order valence-electron chi connectivity index (χ0n) is 12.3. The number of hydrogen-bond acceptors (Lipinski definition) is 3. The molecule has 1 aromatic carbocycles. The van der Waals surface area contributed by atoms with Gasteiger partial charge >= 0.3 is 5.97 Å². The van der Waals surface area contributed by atoms with Gasteiger partial charge in [-0.05, 0) is 49.4 Å². The van der Waals surface area contributed by atoms with E-state index in [0.717, 1.165) is 48.7 Å². The molecular weight excluding hydrogens is 300 g/mol. The summed E-state index contributed by atoms with van der Waals surface area (Å²) >= 11 is 6.21. The van der Waals surface area contributed by atoms with E-state index in [-0.39, 0.29) is 5.92 Å². The molecule has 2 N–H and O–H groups in total. The highest BCUT2D eigenvalue weighted by Gasteiger charge is 2.25. The van der Waals surface area contributed by atoms with Crippen LogP contribution < -0.4 is 5.32 Å². The molecule has 5 heteroatoms. The van der Waals surface area contributed by atoms with Gasteiger partial charge in [-0.25, -0.2) is 0 Å². The highest BCUT2D eigenvalue weighted by molar-refractivity contribution is 6.35. The Morgan fingerprint density at radius 2 is 2.05 bits per heavy atom. The first kappa shape index (κ1) is 15.3. The van der Waals surface area contributed by atoms with Gasteiger partial charge in [-0.1, -0.05) is 17.7 Å². The Kier molecular flexibility index (Phi) is 4.60. The first-order valence-corrected chi connectivity index (χ1v) is 8.01. The third-order valence-corrected chi connectivity index (χ3v) is 4.79. The van der Waals surface area contributed by atoms with Crippen LogP contribution in [0.2, 0.25) is 5.02 Å². The number of halogens is 1. The molecule has 0 atom stereocenters. The molecule has 0 bridgehead atoms. The monoisotopic (exact) mass is 318 g/mol. The number of rotatable bonds is 4. The SMILES string of the molecule is O=C(O)C1CCC(NCc2ccc(Cl)c3cccnc23)CC1. The van der Waals surface area contributed by atoms with Crippen molar-refractivity contribution in [2.45, 2.75) is 38.3 Å². The van der Waals surface area contributed by atoms with Gasteiger partial charge in [0, 0.05) is 29.2 Å². The van der Waals surface area contributed by atoms with Crippen molar-refractivity contribution in [2.24, 2.45) is 5.92 Å². The minimum Gasteiger partial charge on any atom is -0.481 e. The van der Waals surface area contributed by atoms with Gasteiger partial charge in [0.05, 0.1) is 11.4 Å². The second-order valence-electron chi connectivity index (χ2n) is 5.87. The number of carboxylic acids is 1. The van der Waals surface area contributed by atoms with Crippen LogP contribution in [0, 0.1) is 5.92 Å². The number of hydrogen-bond donors (Lipinski definition) is 2. The molecule has 0 unspecified atom stereocenters. The number of carbonyl (C=O) groups is 1. The summed E-state index contributed by atoms with van der Waals surface area (Å²) in [7, 11) is 0. The van der Waals surface area contributed by atoms with E-state index in [1.165, 1.54) is 0 Å². The van der Waals surface area contributed by atoms with E-state index < -0.39 is 5.97 Å². The van der Waals surface area contributed by atoms with Crippen molar-refractivity contribution in [3.63, 3.8) is 0 Å². The fraction of sp³-hybridized carbons (Fsp3) is 0.412. The van der Waals surface area contributed by atoms with Gasteiger partial charge in [-0.3, -0.25) is 9.78 Å². The summed E-state index contributed by atoms with van der Waals surface area (Å²) in [5.41, 5.74) is 2.06. The van der Waals surface area contributed by atoms with E-state index in [4.69, 9.17) is 16.7 Å². The van der Waals surface area contributed by atoms with E-state index in [0.29, 0.717) is 11.1 Å². The maximum atomic E-state index is 11.0. The van der Waals surface area contributed by atoms with Crippen molar-refractivity contribution in [3.8, 4) is 0 Å². The predicted octanol–water partition coefficient (Wildman–Crippen LogP) is 3.62. The normalized spacial score (nSPS) is 21.9. The molecule has 1 heterocycles. The highest BCUT2D eigenvalue weighted by Crippen LogP contribution is 2.27. The van der Waals surface area contributed by atoms with Crippen LogP contribution in [0.5, 0.6) is 0 Å². The van der Waals surface area contributed by atoms with Crippen molar-refractivity contribution in [3.05, 3.63) is 41.0 Å². The Morgan fingerprint density at radius 3 is 2.77 bits per heavy atom. The maximum absolute atomic E-state index is 11.0. The number of nitrogens with one attached hydrogen (secondary N) is 1. The van der Waals surface area contributed by atoms with Crippen LogP contribution >= 0.6 is 11.6 Å². The van der Waals surface area contributed by atoms with Crippen LogP contribution in [0.4, 0.5) is 0 Å². The van der Waals surface area contributed by atoms with Crippen molar-refractivity contribution in [1.29, 1.82) is 0 Å². The summed E-state index contributed by atoms with van der Waals surface area (Å²) < 4.78 is 0. The number of fused-ring (bicyclic) bond motifs is 1. The first-order valence-electron chi connectivity index (χ1n) is 7.63. The summed E-state index contributed by atoms with van der Waals surface area (Å²) in [5.74, 6) is -0.831. The van der Waals surface area contributed by atoms with Crippen LogP contribution in [0.25, 0.3) is 10.9 Å². The molecule has 4 nitrogen and oxygen atoms in total. The van der Waals surface area contributed by atoms with E-state index >= 15 is 0 Å². The first-order chi connectivity index (χ1) is 10.6. The zero-order valence-corrected chi connectivity index (χ0v) is 13.0. The summed E-state index contributed by atoms with van der Waals surface area (Å²) in [6.45, 7) is 0.729. The van der Waals surface area contributed by atoms with Crippen LogP contribution in [-0.2, 0) is 11.3 Å². The lowest BCUT2D eigenvalue weighted by Gasteiger charge is -2.27. The van der Waals surface area contributed by atoms with Crippen LogP contribution in [-0.4, -0.2) is 22.1 Å². The van der Waals surface area contributed by atoms with Crippen LogP contribution in [0.1, 0.15) is 31.2 Å². The Bertz CT molecular complexity index is 681. The Balaban J connectivity index is 1.65. The fourth-order valence-electron chi connectivity index (χ4n) is 3.14. The Morgan fingerprint density at radius 1 is 1.27 bits per heavy atom. The smallest absolute Gasteiger partial charge is 0.306 e. The van der Waals surface area contributed by atoms with Gasteiger partial charge in [0.2, 0.25) is 0 Å². The molecule has 1 aliphatic rings. The standard InChI is InChI=1S/C17H19ClN2O2/c18-15-8-5-12(16-14(15)2-1-9-19-16)10-20-13-6-3-11(4-7-13)17(21)22/h1-2,5,8-9,11,13,20H,3-4,6-7,10H2,(H,21,22). The average molecular weight is 319 g/mol. The van der Waals surface area contributed by atoms with Gasteiger partial charge in [-0.15, -0.1) is 0 Å². The average Bonchev–Trinajstić information content (AvgIpc) is 2.55. The molecule has 0 spiro atoms. The van der Waals surface area contributed by atoms with Gasteiger partial charge in [0.15, 0.2) is 0 Å². The van der Waals surface area contributed by atoms with E-state index in [9.17, 15) is 4.79 Å². The predicted molar refractivity (Wildman–Crippen MR) is 87.0 cm³/mol. The molecule has 116 valence electrons. The quantitative estimate of drug-likeness (QED) is 0.903. The lowest BCUT2D eigenvalue weighted by molar-refractivity contribution is -0.142. The largest absolute Gasteiger partial charge is 0.481 e. The number of nitrogens with zero attached hydrogens (tertiary/aromatic N) is 1. The molecular formula is C17H19ClN2O2. The van der Waals surface area contributed by atoms with Crippen molar-refractivity contribution < 1.29 is 9.90 Å². The molecule has 1 aromatic heterocycles. The minimum atomic E-state index is -0.661. The lowest BCUT2D eigenvalue weighted by Crippen LogP contribution is -2.34. The molecule has 22 heavy (non-hydrogen) atoms. The number of aliphatic carboxylic acids is 1. The van der Waals surface area contributed by atoms with Crippen molar-refractivity contribution in [1.82, 2.24) is 10.3 Å². The molecule has 0 saturated heterocycles. The maximum Gasteiger partial charge on any atom is 0.306 e. The van der Waals surface area contributed by atoms with Gasteiger partial charge in [-0.2, -0.15) is 0 Å². The highest BCUT2D eigenvalue weighted by atomic mass is 35.5. The van der Waals surface area contributed by atoms with Crippen LogP contribution in [0.3, 0.4) is 0 Å². The van der Waals surface area contributed by atoms with Crippen molar-refractivity contribution in [2.75, 3.05) is 0 Å². The third kappa shape index (κ3) is 3.23. The second kappa shape index (κ2) is 6.63. The molecule has 2 aromatic rings. The molecule has 1 aliphatic carbocycles. The van der Waals surface area contributed by atoms with Gasteiger partial charge in [0.25, 0.3) is 0 Å². The topological polar surface area (TPSA) is 62.2 Å². The number of aromatic nitrogens is 1. The van der Waals surface area contributed by atoms with E-state index in [2.05, 4.69) is 10.3 Å². The summed E-state index contributed by atoms with van der Waals surface area (Å²) in [6, 6.07) is 8.16. The van der Waals surface area contributed by atoms with Gasteiger partial charge < -0.3 is 10.4 Å². The zero-order chi connectivity index (χ0) is 15.5. The molecule has 0 aliphatic heterocycles.